The second kappa shape index (κ2) is 8.83. The van der Waals surface area contributed by atoms with Gasteiger partial charge in [-0.1, -0.05) is 19.1 Å². The molecule has 0 aliphatic rings. The minimum Gasteiger partial charge on any atom is -0.494 e. The normalized spacial score (nSPS) is 10.0. The number of anilines is 1. The first-order valence-corrected chi connectivity index (χ1v) is 8.68. The van der Waals surface area contributed by atoms with Gasteiger partial charge in [-0.25, -0.2) is 0 Å². The molecular formula is C17H17IN2O2S. The number of thiocarbonyl (C=S) groups is 1. The van der Waals surface area contributed by atoms with Crippen molar-refractivity contribution in [3.8, 4) is 5.75 Å². The number of rotatable bonds is 5. The third-order valence-corrected chi connectivity index (χ3v) is 4.08. The molecule has 0 spiro atoms. The Balaban J connectivity index is 1.92. The van der Waals surface area contributed by atoms with Crippen LogP contribution in [0.4, 0.5) is 5.69 Å². The van der Waals surface area contributed by atoms with Gasteiger partial charge in [0.15, 0.2) is 5.11 Å². The lowest BCUT2D eigenvalue weighted by Crippen LogP contribution is -2.34. The SMILES string of the molecule is CCCOc1ccc(NC(=S)NC(=O)c2ccccc2I)cc1. The summed E-state index contributed by atoms with van der Waals surface area (Å²) in [5.74, 6) is 0.585. The van der Waals surface area contributed by atoms with E-state index in [1.165, 1.54) is 0 Å². The Morgan fingerprint density at radius 2 is 1.87 bits per heavy atom. The molecule has 0 unspecified atom stereocenters. The van der Waals surface area contributed by atoms with Gasteiger partial charge >= 0.3 is 0 Å². The Bertz CT molecular complexity index is 689. The molecule has 0 saturated carbocycles. The second-order valence-corrected chi connectivity index (χ2v) is 6.33. The third-order valence-electron chi connectivity index (χ3n) is 2.93. The molecule has 4 nitrogen and oxygen atoms in total. The van der Waals surface area contributed by atoms with E-state index in [4.69, 9.17) is 17.0 Å². The Hall–Kier alpha value is -1.67. The first kappa shape index (κ1) is 17.7. The summed E-state index contributed by atoms with van der Waals surface area (Å²) in [6.45, 7) is 2.75. The zero-order valence-corrected chi connectivity index (χ0v) is 15.6. The molecule has 0 aromatic heterocycles. The highest BCUT2D eigenvalue weighted by molar-refractivity contribution is 14.1. The van der Waals surface area contributed by atoms with Crippen molar-refractivity contribution in [2.75, 3.05) is 11.9 Å². The molecule has 0 fully saturated rings. The van der Waals surface area contributed by atoms with Crippen LogP contribution in [0.3, 0.4) is 0 Å². The van der Waals surface area contributed by atoms with E-state index in [2.05, 4.69) is 40.1 Å². The summed E-state index contributed by atoms with van der Waals surface area (Å²) < 4.78 is 6.40. The molecular weight excluding hydrogens is 423 g/mol. The van der Waals surface area contributed by atoms with Crippen molar-refractivity contribution in [3.63, 3.8) is 0 Å². The number of carbonyl (C=O) groups excluding carboxylic acids is 1. The topological polar surface area (TPSA) is 50.4 Å². The van der Waals surface area contributed by atoms with Crippen molar-refractivity contribution in [3.05, 3.63) is 57.7 Å². The van der Waals surface area contributed by atoms with Crippen LogP contribution in [0.2, 0.25) is 0 Å². The van der Waals surface area contributed by atoms with E-state index < -0.39 is 0 Å². The summed E-state index contributed by atoms with van der Waals surface area (Å²) in [6.07, 6.45) is 0.967. The predicted molar refractivity (Wildman–Crippen MR) is 105 cm³/mol. The van der Waals surface area contributed by atoms with Crippen molar-refractivity contribution in [1.82, 2.24) is 5.32 Å². The summed E-state index contributed by atoms with van der Waals surface area (Å²) in [7, 11) is 0. The summed E-state index contributed by atoms with van der Waals surface area (Å²) in [5.41, 5.74) is 1.39. The molecule has 6 heteroatoms. The van der Waals surface area contributed by atoms with Gasteiger partial charge in [0.2, 0.25) is 0 Å². The summed E-state index contributed by atoms with van der Waals surface area (Å²) in [5, 5.41) is 5.93. The molecule has 0 saturated heterocycles. The molecule has 0 aliphatic heterocycles. The minimum absolute atomic E-state index is 0.226. The first-order chi connectivity index (χ1) is 11.1. The van der Waals surface area contributed by atoms with Crippen LogP contribution in [-0.4, -0.2) is 17.6 Å². The number of nitrogens with one attached hydrogen (secondary N) is 2. The van der Waals surface area contributed by atoms with Crippen LogP contribution < -0.4 is 15.4 Å². The van der Waals surface area contributed by atoms with Gasteiger partial charge in [0.1, 0.15) is 5.75 Å². The molecule has 2 aromatic rings. The number of carbonyl (C=O) groups is 1. The summed E-state index contributed by atoms with van der Waals surface area (Å²) in [6, 6.07) is 14.8. The average molecular weight is 440 g/mol. The number of hydrogen-bond acceptors (Lipinski definition) is 3. The fraction of sp³-hybridized carbons (Fsp3) is 0.176. The van der Waals surface area contributed by atoms with Crippen LogP contribution in [0.15, 0.2) is 48.5 Å². The predicted octanol–water partition coefficient (Wildman–Crippen LogP) is 4.21. The van der Waals surface area contributed by atoms with Crippen LogP contribution in [-0.2, 0) is 0 Å². The molecule has 0 radical (unpaired) electrons. The van der Waals surface area contributed by atoms with Gasteiger partial charge < -0.3 is 10.1 Å². The van der Waals surface area contributed by atoms with Crippen molar-refractivity contribution in [2.24, 2.45) is 0 Å². The van der Waals surface area contributed by atoms with E-state index >= 15 is 0 Å². The lowest BCUT2D eigenvalue weighted by atomic mass is 10.2. The molecule has 120 valence electrons. The van der Waals surface area contributed by atoms with Gasteiger partial charge in [-0.05, 0) is 77.6 Å². The molecule has 2 aromatic carbocycles. The van der Waals surface area contributed by atoms with Crippen LogP contribution in [0.1, 0.15) is 23.7 Å². The number of ether oxygens (including phenoxy) is 1. The standard InChI is InChI=1S/C17H17IN2O2S/c1-2-11-22-13-9-7-12(8-10-13)19-17(23)20-16(21)14-5-3-4-6-15(14)18/h3-10H,2,11H2,1H3,(H2,19,20,21,23). The summed E-state index contributed by atoms with van der Waals surface area (Å²) in [4.78, 5) is 12.2. The maximum absolute atomic E-state index is 12.2. The smallest absolute Gasteiger partial charge is 0.258 e. The number of benzene rings is 2. The quantitative estimate of drug-likeness (QED) is 0.541. The van der Waals surface area contributed by atoms with Gasteiger partial charge in [0, 0.05) is 9.26 Å². The minimum atomic E-state index is -0.226. The fourth-order valence-electron chi connectivity index (χ4n) is 1.83. The lowest BCUT2D eigenvalue weighted by Gasteiger charge is -2.11. The van der Waals surface area contributed by atoms with Crippen molar-refractivity contribution >= 4 is 51.5 Å². The van der Waals surface area contributed by atoms with Gasteiger partial charge in [0.25, 0.3) is 5.91 Å². The molecule has 23 heavy (non-hydrogen) atoms. The Morgan fingerprint density at radius 3 is 2.52 bits per heavy atom. The lowest BCUT2D eigenvalue weighted by molar-refractivity contribution is 0.0977. The van der Waals surface area contributed by atoms with Crippen LogP contribution in [0.25, 0.3) is 0 Å². The monoisotopic (exact) mass is 440 g/mol. The van der Waals surface area contributed by atoms with Gasteiger partial charge in [-0.15, -0.1) is 0 Å². The molecule has 0 atom stereocenters. The highest BCUT2D eigenvalue weighted by Crippen LogP contribution is 2.16. The molecule has 2 N–H and O–H groups in total. The van der Waals surface area contributed by atoms with Crippen LogP contribution >= 0.6 is 34.8 Å². The Morgan fingerprint density at radius 1 is 1.17 bits per heavy atom. The molecule has 0 heterocycles. The highest BCUT2D eigenvalue weighted by atomic mass is 127. The number of hydrogen-bond donors (Lipinski definition) is 2. The Kier molecular flexibility index (Phi) is 6.79. The first-order valence-electron chi connectivity index (χ1n) is 7.20. The number of halogens is 1. The molecule has 1 amide bonds. The van der Waals surface area contributed by atoms with E-state index in [0.717, 1.165) is 21.4 Å². The van der Waals surface area contributed by atoms with E-state index in [-0.39, 0.29) is 11.0 Å². The summed E-state index contributed by atoms with van der Waals surface area (Å²) >= 11 is 7.30. The van der Waals surface area contributed by atoms with E-state index in [0.29, 0.717) is 12.2 Å². The largest absolute Gasteiger partial charge is 0.494 e. The van der Waals surface area contributed by atoms with Crippen LogP contribution in [0.5, 0.6) is 5.75 Å². The van der Waals surface area contributed by atoms with Crippen molar-refractivity contribution in [1.29, 1.82) is 0 Å². The molecule has 2 rings (SSSR count). The van der Waals surface area contributed by atoms with Crippen LogP contribution in [0, 0.1) is 3.57 Å². The number of amides is 1. The maximum atomic E-state index is 12.2. The van der Waals surface area contributed by atoms with Gasteiger partial charge in [-0.2, -0.15) is 0 Å². The highest BCUT2D eigenvalue weighted by Gasteiger charge is 2.10. The third kappa shape index (κ3) is 5.47. The fourth-order valence-corrected chi connectivity index (χ4v) is 2.68. The van der Waals surface area contributed by atoms with Crippen molar-refractivity contribution in [2.45, 2.75) is 13.3 Å². The zero-order valence-electron chi connectivity index (χ0n) is 12.6. The Labute approximate surface area is 154 Å². The van der Waals surface area contributed by atoms with Crippen molar-refractivity contribution < 1.29 is 9.53 Å². The van der Waals surface area contributed by atoms with Gasteiger partial charge in [-0.3, -0.25) is 10.1 Å². The van der Waals surface area contributed by atoms with E-state index in [9.17, 15) is 4.79 Å². The van der Waals surface area contributed by atoms with E-state index in [1.807, 2.05) is 42.5 Å². The average Bonchev–Trinajstić information content (AvgIpc) is 2.54. The van der Waals surface area contributed by atoms with E-state index in [1.54, 1.807) is 6.07 Å². The molecule has 0 bridgehead atoms. The second-order valence-electron chi connectivity index (χ2n) is 4.76. The van der Waals surface area contributed by atoms with Gasteiger partial charge in [0.05, 0.1) is 12.2 Å². The molecule has 0 aliphatic carbocycles. The zero-order chi connectivity index (χ0) is 16.7. The maximum Gasteiger partial charge on any atom is 0.258 e.